The van der Waals surface area contributed by atoms with Crippen molar-refractivity contribution in [2.24, 2.45) is 0 Å². The number of hydrogen-bond donors (Lipinski definition) is 2. The lowest BCUT2D eigenvalue weighted by Crippen LogP contribution is -2.28. The van der Waals surface area contributed by atoms with Gasteiger partial charge in [-0.3, -0.25) is 0 Å². The Labute approximate surface area is 126 Å². The largest absolute Gasteiger partial charge is 0.480 e. The smallest absolute Gasteiger partial charge is 0.356 e. The summed E-state index contributed by atoms with van der Waals surface area (Å²) in [6.07, 6.45) is 3.72. The Morgan fingerprint density at radius 2 is 1.90 bits per heavy atom. The molecule has 3 rings (SSSR count). The van der Waals surface area contributed by atoms with Crippen LogP contribution in [0.15, 0.2) is 0 Å². The standard InChI is InChI=1S/C14H18N2O4S/c17-13(18)10-3-1-2-9-11(14(19)20)15-12(16(9)10)8-4-6-21-7-5-8/h8,10H,1-7H2,(H,17,18)(H,19,20). The van der Waals surface area contributed by atoms with Gasteiger partial charge in [0.1, 0.15) is 11.9 Å². The average molecular weight is 310 g/mol. The topological polar surface area (TPSA) is 92.4 Å². The zero-order valence-corrected chi connectivity index (χ0v) is 12.4. The van der Waals surface area contributed by atoms with Crippen LogP contribution in [0, 0.1) is 0 Å². The number of aromatic carboxylic acids is 1. The molecule has 21 heavy (non-hydrogen) atoms. The summed E-state index contributed by atoms with van der Waals surface area (Å²) >= 11 is 1.88. The fourth-order valence-corrected chi connectivity index (χ4v) is 4.42. The lowest BCUT2D eigenvalue weighted by molar-refractivity contribution is -0.141. The highest BCUT2D eigenvalue weighted by Gasteiger charge is 2.35. The number of aromatic nitrogens is 2. The van der Waals surface area contributed by atoms with E-state index in [1.807, 2.05) is 11.8 Å². The zero-order chi connectivity index (χ0) is 15.0. The molecule has 2 aliphatic heterocycles. The van der Waals surface area contributed by atoms with Gasteiger partial charge in [-0.15, -0.1) is 0 Å². The Balaban J connectivity index is 2.10. The summed E-state index contributed by atoms with van der Waals surface area (Å²) in [6, 6.07) is -0.668. The number of carboxylic acid groups (broad SMARTS) is 2. The first kappa shape index (κ1) is 14.4. The normalized spacial score (nSPS) is 22.8. The summed E-state index contributed by atoms with van der Waals surface area (Å²) in [7, 11) is 0. The highest BCUT2D eigenvalue weighted by molar-refractivity contribution is 7.99. The summed E-state index contributed by atoms with van der Waals surface area (Å²) in [4.78, 5) is 27.3. The van der Waals surface area contributed by atoms with E-state index in [-0.39, 0.29) is 11.6 Å². The predicted molar refractivity (Wildman–Crippen MR) is 78.1 cm³/mol. The molecular weight excluding hydrogens is 292 g/mol. The van der Waals surface area contributed by atoms with Gasteiger partial charge in [-0.1, -0.05) is 0 Å². The Morgan fingerprint density at radius 1 is 1.19 bits per heavy atom. The molecule has 0 aliphatic carbocycles. The maximum Gasteiger partial charge on any atom is 0.356 e. The van der Waals surface area contributed by atoms with Crippen LogP contribution < -0.4 is 0 Å². The molecule has 2 aliphatic rings. The molecule has 1 fully saturated rings. The first-order valence-electron chi connectivity index (χ1n) is 7.24. The third kappa shape index (κ3) is 2.54. The minimum atomic E-state index is -1.05. The molecule has 2 N–H and O–H groups in total. The molecule has 7 heteroatoms. The molecule has 114 valence electrons. The average Bonchev–Trinajstić information content (AvgIpc) is 2.87. The summed E-state index contributed by atoms with van der Waals surface area (Å²) < 4.78 is 1.72. The van der Waals surface area contributed by atoms with Crippen LogP contribution in [-0.2, 0) is 11.2 Å². The summed E-state index contributed by atoms with van der Waals surface area (Å²) in [6.45, 7) is 0. The van der Waals surface area contributed by atoms with Gasteiger partial charge in [-0.05, 0) is 43.6 Å². The van der Waals surface area contributed by atoms with E-state index in [0.717, 1.165) is 24.3 Å². The molecule has 0 bridgehead atoms. The highest BCUT2D eigenvalue weighted by Crippen LogP contribution is 2.37. The second-order valence-corrected chi connectivity index (χ2v) is 6.80. The maximum absolute atomic E-state index is 11.5. The van der Waals surface area contributed by atoms with E-state index < -0.39 is 18.0 Å². The molecule has 3 heterocycles. The van der Waals surface area contributed by atoms with Crippen molar-refractivity contribution in [3.05, 3.63) is 17.2 Å². The fraction of sp³-hybridized carbons (Fsp3) is 0.643. The van der Waals surface area contributed by atoms with Crippen molar-refractivity contribution >= 4 is 23.7 Å². The fourth-order valence-electron chi connectivity index (χ4n) is 3.31. The van der Waals surface area contributed by atoms with Crippen molar-refractivity contribution < 1.29 is 19.8 Å². The number of thioether (sulfide) groups is 1. The molecule has 1 aromatic rings. The molecule has 0 aromatic carbocycles. The van der Waals surface area contributed by atoms with Gasteiger partial charge in [0, 0.05) is 5.92 Å². The molecule has 0 spiro atoms. The van der Waals surface area contributed by atoms with E-state index in [1.165, 1.54) is 0 Å². The van der Waals surface area contributed by atoms with Crippen molar-refractivity contribution in [3.8, 4) is 0 Å². The lowest BCUT2D eigenvalue weighted by atomic mass is 9.98. The number of hydrogen-bond acceptors (Lipinski definition) is 4. The molecule has 1 aromatic heterocycles. The van der Waals surface area contributed by atoms with Gasteiger partial charge in [0.2, 0.25) is 0 Å². The zero-order valence-electron chi connectivity index (χ0n) is 11.6. The van der Waals surface area contributed by atoms with E-state index in [0.29, 0.717) is 30.8 Å². The number of imidazole rings is 1. The number of carbonyl (C=O) groups is 2. The van der Waals surface area contributed by atoms with Crippen LogP contribution in [0.4, 0.5) is 0 Å². The van der Waals surface area contributed by atoms with Gasteiger partial charge in [0.15, 0.2) is 5.69 Å². The minimum Gasteiger partial charge on any atom is -0.480 e. The third-order valence-corrected chi connectivity index (χ3v) is 5.36. The van der Waals surface area contributed by atoms with Gasteiger partial charge in [0.05, 0.1) is 5.69 Å². The van der Waals surface area contributed by atoms with Crippen molar-refractivity contribution in [1.29, 1.82) is 0 Å². The van der Waals surface area contributed by atoms with Crippen LogP contribution in [0.3, 0.4) is 0 Å². The van der Waals surface area contributed by atoms with Gasteiger partial charge in [-0.25, -0.2) is 14.6 Å². The summed E-state index contributed by atoms with van der Waals surface area (Å²) in [5, 5.41) is 18.8. The Hall–Kier alpha value is -1.50. The maximum atomic E-state index is 11.5. The Kier molecular flexibility index (Phi) is 3.93. The first-order valence-corrected chi connectivity index (χ1v) is 8.40. The Morgan fingerprint density at radius 3 is 2.52 bits per heavy atom. The van der Waals surface area contributed by atoms with E-state index in [1.54, 1.807) is 4.57 Å². The molecule has 1 unspecified atom stereocenters. The van der Waals surface area contributed by atoms with E-state index >= 15 is 0 Å². The molecule has 0 radical (unpaired) electrons. The predicted octanol–water partition coefficient (Wildman–Crippen LogP) is 2.15. The Bertz CT molecular complexity index is 578. The highest BCUT2D eigenvalue weighted by atomic mass is 32.2. The van der Waals surface area contributed by atoms with Crippen LogP contribution in [0.1, 0.15) is 59.6 Å². The van der Waals surface area contributed by atoms with E-state index in [9.17, 15) is 19.8 Å². The lowest BCUT2D eigenvalue weighted by Gasteiger charge is -2.28. The van der Waals surface area contributed by atoms with Gasteiger partial charge in [-0.2, -0.15) is 11.8 Å². The summed E-state index contributed by atoms with van der Waals surface area (Å²) in [5.41, 5.74) is 0.642. The summed E-state index contributed by atoms with van der Waals surface area (Å²) in [5.74, 6) is 0.950. The number of carboxylic acids is 2. The van der Waals surface area contributed by atoms with Gasteiger partial charge >= 0.3 is 11.9 Å². The molecule has 0 saturated carbocycles. The number of aliphatic carboxylic acids is 1. The molecular formula is C14H18N2O4S. The number of nitrogens with zero attached hydrogens (tertiary/aromatic N) is 2. The van der Waals surface area contributed by atoms with Crippen LogP contribution in [0.2, 0.25) is 0 Å². The second kappa shape index (κ2) is 5.71. The third-order valence-electron chi connectivity index (χ3n) is 4.31. The quantitative estimate of drug-likeness (QED) is 0.888. The molecule has 6 nitrogen and oxygen atoms in total. The monoisotopic (exact) mass is 310 g/mol. The van der Waals surface area contributed by atoms with Gasteiger partial charge in [0.25, 0.3) is 0 Å². The molecule has 1 saturated heterocycles. The first-order chi connectivity index (χ1) is 10.1. The van der Waals surface area contributed by atoms with Crippen molar-refractivity contribution in [3.63, 3.8) is 0 Å². The van der Waals surface area contributed by atoms with Crippen LogP contribution in [0.5, 0.6) is 0 Å². The second-order valence-electron chi connectivity index (χ2n) is 5.57. The van der Waals surface area contributed by atoms with Crippen molar-refractivity contribution in [2.75, 3.05) is 11.5 Å². The van der Waals surface area contributed by atoms with E-state index in [4.69, 9.17) is 0 Å². The number of fused-ring (bicyclic) bond motifs is 1. The van der Waals surface area contributed by atoms with Crippen molar-refractivity contribution in [1.82, 2.24) is 9.55 Å². The van der Waals surface area contributed by atoms with E-state index in [2.05, 4.69) is 4.98 Å². The van der Waals surface area contributed by atoms with Crippen LogP contribution in [-0.4, -0.2) is 43.2 Å². The molecule has 0 amide bonds. The minimum absolute atomic E-state index is 0.0502. The van der Waals surface area contributed by atoms with Gasteiger partial charge < -0.3 is 14.8 Å². The van der Waals surface area contributed by atoms with Crippen LogP contribution in [0.25, 0.3) is 0 Å². The van der Waals surface area contributed by atoms with Crippen LogP contribution >= 0.6 is 11.8 Å². The molecule has 1 atom stereocenters. The number of rotatable bonds is 3. The SMILES string of the molecule is O=C(O)c1nc(C2CCSCC2)n2c1CCCC2C(=O)O. The van der Waals surface area contributed by atoms with Crippen molar-refractivity contribution in [2.45, 2.75) is 44.1 Å².